The first-order valence-electron chi connectivity index (χ1n) is 21.7. The number of ether oxygens (including phenoxy) is 1. The van der Waals surface area contributed by atoms with Crippen molar-refractivity contribution < 1.29 is 19.4 Å². The molecule has 0 saturated heterocycles. The summed E-state index contributed by atoms with van der Waals surface area (Å²) in [5.41, 5.74) is 14.4. The molecule has 0 aromatic carbocycles. The van der Waals surface area contributed by atoms with Crippen molar-refractivity contribution in [3.05, 3.63) is 119 Å². The molecule has 8 rings (SSSR count). The van der Waals surface area contributed by atoms with E-state index in [1.807, 2.05) is 46.0 Å². The number of fused-ring (bicyclic) bond motifs is 2. The van der Waals surface area contributed by atoms with E-state index < -0.39 is 14.0 Å². The highest BCUT2D eigenvalue weighted by Crippen LogP contribution is 2.37. The molecule has 17 heteroatoms. The Hall–Kier alpha value is -5.94. The van der Waals surface area contributed by atoms with Gasteiger partial charge in [-0.1, -0.05) is 47.3 Å². The Labute approximate surface area is 371 Å². The van der Waals surface area contributed by atoms with E-state index in [-0.39, 0.29) is 34.5 Å². The molecule has 0 saturated carbocycles. The average molecular weight is 877 g/mol. The number of amides is 1. The Morgan fingerprint density at radius 1 is 0.857 bits per heavy atom. The van der Waals surface area contributed by atoms with Gasteiger partial charge in [0.15, 0.2) is 11.4 Å². The van der Waals surface area contributed by atoms with Crippen LogP contribution in [-0.4, -0.2) is 81.2 Å². The number of nitrogens with one attached hydrogen (secondary N) is 2. The quantitative estimate of drug-likeness (QED) is 0.0679. The number of aromatic amines is 1. The molecule has 2 aliphatic rings. The lowest BCUT2D eigenvalue weighted by molar-refractivity contribution is 0.0667. The second-order valence-electron chi connectivity index (χ2n) is 19.5. The van der Waals surface area contributed by atoms with Gasteiger partial charge in [-0.15, -0.1) is 0 Å². The van der Waals surface area contributed by atoms with Gasteiger partial charge in [-0.25, -0.2) is 9.48 Å². The van der Waals surface area contributed by atoms with E-state index in [2.05, 4.69) is 102 Å². The van der Waals surface area contributed by atoms with E-state index in [9.17, 15) is 14.7 Å². The van der Waals surface area contributed by atoms with Crippen LogP contribution in [0.25, 0.3) is 0 Å². The SMILES string of the molecule is CC(c1ccncc1)n1cc(N)cn1.CC(c1ccncc1)n1cc(NC(=O)c2n[nH]c3c2CCC(C)(C)C3)cn1.CC1(C)CCc2c(C(=O)O)nn(COCC[Si](C)(C)C)c2C1. The molecular formula is C46H64N12O4Si. The van der Waals surface area contributed by atoms with E-state index in [1.165, 1.54) is 5.56 Å². The maximum atomic E-state index is 12.7. The molecule has 6 aromatic rings. The number of anilines is 2. The van der Waals surface area contributed by atoms with Gasteiger partial charge in [-0.3, -0.25) is 29.2 Å². The molecule has 336 valence electrons. The number of nitrogen functional groups attached to an aromatic ring is 1. The summed E-state index contributed by atoms with van der Waals surface area (Å²) < 4.78 is 11.2. The van der Waals surface area contributed by atoms with Crippen molar-refractivity contribution in [3.63, 3.8) is 0 Å². The Kier molecular flexibility index (Phi) is 14.5. The highest BCUT2D eigenvalue weighted by Gasteiger charge is 2.33. The second kappa shape index (κ2) is 19.6. The molecule has 2 atom stereocenters. The second-order valence-corrected chi connectivity index (χ2v) is 25.1. The molecule has 2 unspecified atom stereocenters. The molecule has 16 nitrogen and oxygen atoms in total. The zero-order valence-corrected chi connectivity index (χ0v) is 39.2. The van der Waals surface area contributed by atoms with Gasteiger partial charge in [0.1, 0.15) is 6.73 Å². The van der Waals surface area contributed by atoms with Crippen molar-refractivity contribution in [2.45, 2.75) is 125 Å². The van der Waals surface area contributed by atoms with Gasteiger partial charge >= 0.3 is 5.97 Å². The minimum atomic E-state index is -1.11. The first-order valence-corrected chi connectivity index (χ1v) is 25.4. The summed E-state index contributed by atoms with van der Waals surface area (Å²) in [5.74, 6) is -1.12. The number of hydrogen-bond acceptors (Lipinski definition) is 10. The third-order valence-corrected chi connectivity index (χ3v) is 13.5. The van der Waals surface area contributed by atoms with Crippen molar-refractivity contribution in [2.24, 2.45) is 10.8 Å². The van der Waals surface area contributed by atoms with Gasteiger partial charge in [0.2, 0.25) is 0 Å². The topological polar surface area (TPSA) is 210 Å². The van der Waals surface area contributed by atoms with Gasteiger partial charge in [-0.2, -0.15) is 20.4 Å². The first kappa shape index (κ1) is 46.6. The Morgan fingerprint density at radius 2 is 1.43 bits per heavy atom. The smallest absolute Gasteiger partial charge is 0.356 e. The normalized spacial score (nSPS) is 16.0. The molecule has 0 spiro atoms. The van der Waals surface area contributed by atoms with E-state index in [1.54, 1.807) is 41.9 Å². The zero-order valence-electron chi connectivity index (χ0n) is 38.2. The fourth-order valence-corrected chi connectivity index (χ4v) is 8.56. The van der Waals surface area contributed by atoms with Crippen LogP contribution in [0.5, 0.6) is 0 Å². The Bertz CT molecular complexity index is 2450. The minimum absolute atomic E-state index is 0.0547. The summed E-state index contributed by atoms with van der Waals surface area (Å²) in [6, 6.07) is 9.22. The van der Waals surface area contributed by atoms with E-state index >= 15 is 0 Å². The first-order chi connectivity index (χ1) is 29.8. The van der Waals surface area contributed by atoms with Gasteiger partial charge < -0.3 is 20.9 Å². The van der Waals surface area contributed by atoms with Crippen LogP contribution in [0.1, 0.15) is 121 Å². The zero-order chi connectivity index (χ0) is 45.5. The molecule has 63 heavy (non-hydrogen) atoms. The molecule has 0 aliphatic heterocycles. The molecule has 2 aliphatic carbocycles. The summed E-state index contributed by atoms with van der Waals surface area (Å²) in [6.45, 7) is 21.1. The molecule has 0 fully saturated rings. The molecule has 6 heterocycles. The number of carbonyl (C=O) groups is 2. The number of nitrogens with two attached hydrogens (primary N) is 1. The van der Waals surface area contributed by atoms with E-state index in [0.29, 0.717) is 23.8 Å². The van der Waals surface area contributed by atoms with Crippen molar-refractivity contribution in [3.8, 4) is 0 Å². The minimum Gasteiger partial charge on any atom is -0.476 e. The third-order valence-electron chi connectivity index (χ3n) is 11.8. The number of aromatic carboxylic acids is 1. The molecule has 0 radical (unpaired) electrons. The molecule has 5 N–H and O–H groups in total. The van der Waals surface area contributed by atoms with Crippen LogP contribution in [-0.2, 0) is 37.2 Å². The van der Waals surface area contributed by atoms with Crippen LogP contribution in [0.4, 0.5) is 11.4 Å². The van der Waals surface area contributed by atoms with Crippen LogP contribution >= 0.6 is 0 Å². The lowest BCUT2D eigenvalue weighted by Gasteiger charge is -2.30. The van der Waals surface area contributed by atoms with Gasteiger partial charge in [-0.05, 0) is 105 Å². The molecule has 0 bridgehead atoms. The number of carboxylic acid groups (broad SMARTS) is 1. The molecule has 1 amide bonds. The van der Waals surface area contributed by atoms with Gasteiger partial charge in [0, 0.05) is 74.4 Å². The number of rotatable bonds is 12. The fraction of sp³-hybridized carbons (Fsp3) is 0.478. The summed E-state index contributed by atoms with van der Waals surface area (Å²) in [7, 11) is -1.11. The number of carbonyl (C=O) groups excluding carboxylic acids is 1. The lowest BCUT2D eigenvalue weighted by Crippen LogP contribution is -2.25. The number of carboxylic acids is 1. The Morgan fingerprint density at radius 3 is 2.00 bits per heavy atom. The number of pyridine rings is 2. The van der Waals surface area contributed by atoms with Crippen LogP contribution in [0, 0.1) is 10.8 Å². The van der Waals surface area contributed by atoms with Gasteiger partial charge in [0.25, 0.3) is 5.91 Å². The van der Waals surface area contributed by atoms with Crippen LogP contribution in [0.3, 0.4) is 0 Å². The van der Waals surface area contributed by atoms with Crippen molar-refractivity contribution in [1.82, 2.24) is 49.5 Å². The summed E-state index contributed by atoms with van der Waals surface area (Å²) in [6.07, 6.45) is 19.6. The number of nitrogens with zero attached hydrogens (tertiary/aromatic N) is 9. The monoisotopic (exact) mass is 876 g/mol. The highest BCUT2D eigenvalue weighted by molar-refractivity contribution is 6.76. The fourth-order valence-electron chi connectivity index (χ4n) is 7.80. The van der Waals surface area contributed by atoms with Crippen molar-refractivity contribution in [1.29, 1.82) is 0 Å². The summed E-state index contributed by atoms with van der Waals surface area (Å²) in [4.78, 5) is 32.1. The maximum Gasteiger partial charge on any atom is 0.356 e. The van der Waals surface area contributed by atoms with E-state index in [0.717, 1.165) is 79.3 Å². The largest absolute Gasteiger partial charge is 0.476 e. The van der Waals surface area contributed by atoms with E-state index in [4.69, 9.17) is 10.5 Å². The van der Waals surface area contributed by atoms with Crippen molar-refractivity contribution >= 4 is 31.3 Å². The summed E-state index contributed by atoms with van der Waals surface area (Å²) >= 11 is 0. The number of H-pyrrole nitrogens is 1. The maximum absolute atomic E-state index is 12.7. The molecule has 6 aromatic heterocycles. The van der Waals surface area contributed by atoms with Crippen molar-refractivity contribution in [2.75, 3.05) is 17.7 Å². The predicted octanol–water partition coefficient (Wildman–Crippen LogP) is 8.26. The lowest BCUT2D eigenvalue weighted by atomic mass is 9.76. The van der Waals surface area contributed by atoms with Crippen LogP contribution in [0.2, 0.25) is 25.7 Å². The third kappa shape index (κ3) is 12.4. The molecular weight excluding hydrogens is 813 g/mol. The average Bonchev–Trinajstić information content (AvgIpc) is 4.05. The van der Waals surface area contributed by atoms with Crippen LogP contribution in [0.15, 0.2) is 73.8 Å². The number of hydrogen-bond donors (Lipinski definition) is 4. The highest BCUT2D eigenvalue weighted by atomic mass is 28.3. The number of aromatic nitrogens is 10. The predicted molar refractivity (Wildman–Crippen MR) is 246 cm³/mol. The Balaban J connectivity index is 0.000000165. The standard InChI is InChI=1S/C20H24N6O.C16H28N2O3Si.C10H12N4/c1-13(14-5-8-21-9-6-14)26-12-15(11-22-26)23-19(27)18-16-4-7-20(2,3)10-17(16)24-25-18;1-16(2)7-6-12-13(10-16)18(17-14(12)15(19)20)11-21-8-9-22(3,4)5;1-8(9-2-4-12-5-3-9)14-7-10(11)6-13-14/h5-6,8-9,11-13H,4,7,10H2,1-3H3,(H,23,27)(H,24,25);6-11H2,1-5H3,(H,19,20);2-8H,11H2,1H3. The summed E-state index contributed by atoms with van der Waals surface area (Å²) in [5, 5.41) is 32.5. The van der Waals surface area contributed by atoms with Crippen LogP contribution < -0.4 is 11.1 Å². The van der Waals surface area contributed by atoms with Gasteiger partial charge in [0.05, 0.1) is 35.9 Å².